The third kappa shape index (κ3) is 2.86. The van der Waals surface area contributed by atoms with Crippen LogP contribution in [-0.4, -0.2) is 32.4 Å². The smallest absolute Gasteiger partial charge is 0.323 e. The standard InChI is InChI=1S/C17H17NO5/c19-13-7-10-11(8-14(13)20)16(21)15(17(22)23)18-12(10)6-9-4-2-1-3-5-9/h1-5,7-8,12,15-16,18-21H,6H2,(H,22,23)/t12-,15?,16?/m1/s1. The summed E-state index contributed by atoms with van der Waals surface area (Å²) in [6.07, 6.45) is -0.810. The Balaban J connectivity index is 2.04. The van der Waals surface area contributed by atoms with Crippen molar-refractivity contribution in [1.82, 2.24) is 5.32 Å². The largest absolute Gasteiger partial charge is 0.504 e. The van der Waals surface area contributed by atoms with Gasteiger partial charge in [-0.25, -0.2) is 0 Å². The lowest BCUT2D eigenvalue weighted by Gasteiger charge is -2.35. The number of carbonyl (C=O) groups is 1. The van der Waals surface area contributed by atoms with Crippen LogP contribution in [0.4, 0.5) is 0 Å². The summed E-state index contributed by atoms with van der Waals surface area (Å²) in [5.74, 6) is -1.86. The van der Waals surface area contributed by atoms with Crippen molar-refractivity contribution in [2.45, 2.75) is 24.6 Å². The minimum absolute atomic E-state index is 0.301. The predicted molar refractivity (Wildman–Crippen MR) is 82.2 cm³/mol. The van der Waals surface area contributed by atoms with Crippen LogP contribution in [0, 0.1) is 0 Å². The number of hydrogen-bond donors (Lipinski definition) is 5. The second-order valence-electron chi connectivity index (χ2n) is 5.64. The molecule has 0 fully saturated rings. The number of phenols is 2. The number of aliphatic hydroxyl groups is 1. The molecule has 3 atom stereocenters. The number of phenolic OH excluding ortho intramolecular Hbond substituents is 2. The molecule has 3 rings (SSSR count). The van der Waals surface area contributed by atoms with Crippen molar-refractivity contribution in [1.29, 1.82) is 0 Å². The van der Waals surface area contributed by atoms with Gasteiger partial charge in [0.05, 0.1) is 0 Å². The van der Waals surface area contributed by atoms with Crippen LogP contribution in [0.25, 0.3) is 0 Å². The number of carboxylic acids is 1. The Labute approximate surface area is 132 Å². The topological polar surface area (TPSA) is 110 Å². The number of aliphatic hydroxyl groups excluding tert-OH is 1. The number of carboxylic acid groups (broad SMARTS) is 1. The van der Waals surface area contributed by atoms with Gasteiger partial charge in [0.25, 0.3) is 0 Å². The Morgan fingerprint density at radius 3 is 2.26 bits per heavy atom. The van der Waals surface area contributed by atoms with E-state index in [1.165, 1.54) is 12.1 Å². The van der Waals surface area contributed by atoms with E-state index in [1.54, 1.807) is 0 Å². The fourth-order valence-corrected chi connectivity index (χ4v) is 2.97. The highest BCUT2D eigenvalue weighted by atomic mass is 16.4. The quantitative estimate of drug-likeness (QED) is 0.549. The maximum Gasteiger partial charge on any atom is 0.323 e. The van der Waals surface area contributed by atoms with Crippen molar-refractivity contribution < 1.29 is 25.2 Å². The average Bonchev–Trinajstić information content (AvgIpc) is 2.52. The van der Waals surface area contributed by atoms with Crippen molar-refractivity contribution in [3.8, 4) is 11.5 Å². The zero-order chi connectivity index (χ0) is 16.6. The SMILES string of the molecule is O=C(O)C1N[C@H](Cc2ccccc2)c2cc(O)c(O)cc2C1O. The monoisotopic (exact) mass is 315 g/mol. The number of benzene rings is 2. The Bertz CT molecular complexity index is 731. The summed E-state index contributed by atoms with van der Waals surface area (Å²) in [5.41, 5.74) is 1.88. The zero-order valence-corrected chi connectivity index (χ0v) is 12.2. The maximum atomic E-state index is 11.4. The molecule has 0 bridgehead atoms. The summed E-state index contributed by atoms with van der Waals surface area (Å²) < 4.78 is 0. The highest BCUT2D eigenvalue weighted by Gasteiger charge is 2.38. The number of nitrogens with one attached hydrogen (secondary N) is 1. The first-order valence-electron chi connectivity index (χ1n) is 7.24. The minimum Gasteiger partial charge on any atom is -0.504 e. The molecule has 23 heavy (non-hydrogen) atoms. The molecule has 120 valence electrons. The summed E-state index contributed by atoms with van der Waals surface area (Å²) >= 11 is 0. The number of aliphatic carboxylic acids is 1. The molecule has 2 unspecified atom stereocenters. The molecule has 6 nitrogen and oxygen atoms in total. The zero-order valence-electron chi connectivity index (χ0n) is 12.2. The minimum atomic E-state index is -1.30. The second kappa shape index (κ2) is 5.91. The van der Waals surface area contributed by atoms with E-state index in [9.17, 15) is 25.2 Å². The van der Waals surface area contributed by atoms with Gasteiger partial charge in [-0.05, 0) is 35.2 Å². The lowest BCUT2D eigenvalue weighted by atomic mass is 9.85. The van der Waals surface area contributed by atoms with Crippen molar-refractivity contribution in [2.75, 3.05) is 0 Å². The lowest BCUT2D eigenvalue weighted by Crippen LogP contribution is -2.48. The molecule has 0 aromatic heterocycles. The molecule has 0 saturated carbocycles. The van der Waals surface area contributed by atoms with Gasteiger partial charge in [0, 0.05) is 6.04 Å². The molecule has 0 aliphatic carbocycles. The van der Waals surface area contributed by atoms with Crippen LogP contribution in [0.1, 0.15) is 28.8 Å². The summed E-state index contributed by atoms with van der Waals surface area (Å²) in [6, 6.07) is 10.5. The first kappa shape index (κ1) is 15.3. The van der Waals surface area contributed by atoms with Crippen LogP contribution in [0.2, 0.25) is 0 Å². The summed E-state index contributed by atoms with van der Waals surface area (Å²) in [5, 5.41) is 41.9. The molecule has 0 spiro atoms. The van der Waals surface area contributed by atoms with Gasteiger partial charge in [-0.1, -0.05) is 30.3 Å². The van der Waals surface area contributed by atoms with E-state index in [1.807, 2.05) is 30.3 Å². The first-order chi connectivity index (χ1) is 11.0. The fourth-order valence-electron chi connectivity index (χ4n) is 2.97. The van der Waals surface area contributed by atoms with Gasteiger partial charge in [0.15, 0.2) is 11.5 Å². The first-order valence-corrected chi connectivity index (χ1v) is 7.24. The number of hydrogen-bond acceptors (Lipinski definition) is 5. The van der Waals surface area contributed by atoms with Crippen molar-refractivity contribution in [3.05, 3.63) is 59.2 Å². The van der Waals surface area contributed by atoms with Crippen LogP contribution in [-0.2, 0) is 11.2 Å². The maximum absolute atomic E-state index is 11.4. The van der Waals surface area contributed by atoms with Gasteiger partial charge in [-0.15, -0.1) is 0 Å². The van der Waals surface area contributed by atoms with Crippen LogP contribution >= 0.6 is 0 Å². The van der Waals surface area contributed by atoms with Gasteiger partial charge >= 0.3 is 5.97 Å². The highest BCUT2D eigenvalue weighted by molar-refractivity contribution is 5.75. The van der Waals surface area contributed by atoms with Crippen LogP contribution < -0.4 is 5.32 Å². The number of fused-ring (bicyclic) bond motifs is 1. The third-order valence-corrected chi connectivity index (χ3v) is 4.12. The molecule has 2 aromatic carbocycles. The van der Waals surface area contributed by atoms with Gasteiger partial charge in [-0.2, -0.15) is 0 Å². The normalized spacial score (nSPS) is 23.3. The molecule has 0 radical (unpaired) electrons. The van der Waals surface area contributed by atoms with E-state index in [2.05, 4.69) is 5.32 Å². The molecular formula is C17H17NO5. The second-order valence-corrected chi connectivity index (χ2v) is 5.64. The Morgan fingerprint density at radius 2 is 1.65 bits per heavy atom. The molecule has 5 N–H and O–H groups in total. The van der Waals surface area contributed by atoms with Crippen molar-refractivity contribution in [3.63, 3.8) is 0 Å². The summed E-state index contributed by atoms with van der Waals surface area (Å²) in [6.45, 7) is 0. The van der Waals surface area contributed by atoms with E-state index in [0.29, 0.717) is 17.5 Å². The molecule has 1 heterocycles. The molecule has 0 saturated heterocycles. The molecule has 1 aliphatic rings. The average molecular weight is 315 g/mol. The molecule has 1 aliphatic heterocycles. The Morgan fingerprint density at radius 1 is 1.04 bits per heavy atom. The fraction of sp³-hybridized carbons (Fsp3) is 0.235. The van der Waals surface area contributed by atoms with E-state index in [-0.39, 0.29) is 11.5 Å². The Kier molecular flexibility index (Phi) is 3.94. The van der Waals surface area contributed by atoms with Crippen LogP contribution in [0.15, 0.2) is 42.5 Å². The molecule has 0 amide bonds. The lowest BCUT2D eigenvalue weighted by molar-refractivity contribution is -0.143. The summed E-state index contributed by atoms with van der Waals surface area (Å²) in [4.78, 5) is 11.4. The molecular weight excluding hydrogens is 298 g/mol. The highest BCUT2D eigenvalue weighted by Crippen LogP contribution is 2.40. The Hall–Kier alpha value is -2.57. The van der Waals surface area contributed by atoms with Gasteiger partial charge < -0.3 is 20.4 Å². The van der Waals surface area contributed by atoms with Crippen molar-refractivity contribution >= 4 is 5.97 Å². The van der Waals surface area contributed by atoms with Crippen molar-refractivity contribution in [2.24, 2.45) is 0 Å². The van der Waals surface area contributed by atoms with Gasteiger partial charge in [0.1, 0.15) is 12.1 Å². The van der Waals surface area contributed by atoms with E-state index in [0.717, 1.165) is 5.56 Å². The predicted octanol–water partition coefficient (Wildman–Crippen LogP) is 1.47. The van der Waals surface area contributed by atoms with Crippen LogP contribution in [0.3, 0.4) is 0 Å². The third-order valence-electron chi connectivity index (χ3n) is 4.12. The van der Waals surface area contributed by atoms with E-state index < -0.39 is 24.2 Å². The van der Waals surface area contributed by atoms with Gasteiger partial charge in [-0.3, -0.25) is 10.1 Å². The summed E-state index contributed by atoms with van der Waals surface area (Å²) in [7, 11) is 0. The van der Waals surface area contributed by atoms with E-state index in [4.69, 9.17) is 0 Å². The van der Waals surface area contributed by atoms with Gasteiger partial charge in [0.2, 0.25) is 0 Å². The van der Waals surface area contributed by atoms with Crippen LogP contribution in [0.5, 0.6) is 11.5 Å². The van der Waals surface area contributed by atoms with E-state index >= 15 is 0 Å². The number of aromatic hydroxyl groups is 2. The molecule has 6 heteroatoms. The molecule has 2 aromatic rings. The number of rotatable bonds is 3.